The van der Waals surface area contributed by atoms with Crippen molar-refractivity contribution < 1.29 is 14.8 Å². The quantitative estimate of drug-likeness (QED) is 0.651. The van der Waals surface area contributed by atoms with Gasteiger partial charge in [0, 0.05) is 22.8 Å². The molecule has 0 spiro atoms. The highest BCUT2D eigenvalue weighted by Crippen LogP contribution is 2.33. The monoisotopic (exact) mass is 343 g/mol. The van der Waals surface area contributed by atoms with Crippen LogP contribution in [0.5, 0.6) is 0 Å². The number of carbonyl (C=O) groups is 1. The zero-order chi connectivity index (χ0) is 14.7. The Hall–Kier alpha value is -1.70. The Morgan fingerprint density at radius 2 is 2.20 bits per heavy atom. The van der Waals surface area contributed by atoms with Crippen LogP contribution in [0.3, 0.4) is 0 Å². The minimum Gasteiger partial charge on any atom is -0.480 e. The van der Waals surface area contributed by atoms with E-state index in [0.29, 0.717) is 4.47 Å². The maximum atomic E-state index is 11.1. The molecule has 0 aromatic carbocycles. The van der Waals surface area contributed by atoms with Gasteiger partial charge < -0.3 is 10.0 Å². The summed E-state index contributed by atoms with van der Waals surface area (Å²) in [6.07, 6.45) is 5.13. The number of carboxylic acids is 1. The molecule has 20 heavy (non-hydrogen) atoms. The topological polar surface area (TPSA) is 96.6 Å². The number of aliphatic carboxylic acids is 1. The van der Waals surface area contributed by atoms with Crippen molar-refractivity contribution in [2.45, 2.75) is 31.7 Å². The van der Waals surface area contributed by atoms with Crippen LogP contribution in [-0.4, -0.2) is 33.6 Å². The van der Waals surface area contributed by atoms with Crippen LogP contribution in [0.2, 0.25) is 0 Å². The lowest BCUT2D eigenvalue weighted by Gasteiger charge is -2.27. The second kappa shape index (κ2) is 6.17. The highest BCUT2D eigenvalue weighted by atomic mass is 79.9. The number of rotatable bonds is 5. The third-order valence-electron chi connectivity index (χ3n) is 3.35. The van der Waals surface area contributed by atoms with Crippen LogP contribution in [-0.2, 0) is 4.79 Å². The van der Waals surface area contributed by atoms with Gasteiger partial charge in [-0.1, -0.05) is 12.8 Å². The Balaban J connectivity index is 2.41. The number of nitro groups is 1. The van der Waals surface area contributed by atoms with Crippen LogP contribution in [0.4, 0.5) is 11.5 Å². The van der Waals surface area contributed by atoms with Gasteiger partial charge in [-0.3, -0.25) is 14.9 Å². The van der Waals surface area contributed by atoms with Gasteiger partial charge in [-0.2, -0.15) is 0 Å². The standard InChI is InChI=1S/C12H14BrN3O4/c13-8-5-10(16(19)20)12(14-6-8)15(7-11(17)18)9-3-1-2-4-9/h5-6,9H,1-4,7H2,(H,17,18). The summed E-state index contributed by atoms with van der Waals surface area (Å²) in [6, 6.07) is 1.35. The molecule has 1 saturated carbocycles. The van der Waals surface area contributed by atoms with Gasteiger partial charge in [0.05, 0.1) is 4.92 Å². The van der Waals surface area contributed by atoms with Crippen molar-refractivity contribution in [2.24, 2.45) is 0 Å². The zero-order valence-electron chi connectivity index (χ0n) is 10.7. The number of aromatic nitrogens is 1. The molecule has 7 nitrogen and oxygen atoms in total. The lowest BCUT2D eigenvalue weighted by atomic mass is 10.2. The maximum absolute atomic E-state index is 11.1. The molecule has 2 rings (SSSR count). The molecule has 1 aliphatic rings. The minimum atomic E-state index is -1.02. The maximum Gasteiger partial charge on any atom is 0.323 e. The van der Waals surface area contributed by atoms with Crippen molar-refractivity contribution in [1.29, 1.82) is 0 Å². The number of hydrogen-bond acceptors (Lipinski definition) is 5. The first-order valence-corrected chi connectivity index (χ1v) is 7.06. The van der Waals surface area contributed by atoms with Crippen molar-refractivity contribution in [3.8, 4) is 0 Å². The average molecular weight is 344 g/mol. The molecular weight excluding hydrogens is 330 g/mol. The average Bonchev–Trinajstić information content (AvgIpc) is 2.89. The molecule has 1 fully saturated rings. The molecule has 0 unspecified atom stereocenters. The van der Waals surface area contributed by atoms with Crippen LogP contribution < -0.4 is 4.90 Å². The highest BCUT2D eigenvalue weighted by Gasteiger charge is 2.30. The predicted octanol–water partition coefficient (Wildman–Crippen LogP) is 2.59. The predicted molar refractivity (Wildman–Crippen MR) is 75.8 cm³/mol. The van der Waals surface area contributed by atoms with Gasteiger partial charge in [-0.05, 0) is 28.8 Å². The molecule has 108 valence electrons. The lowest BCUT2D eigenvalue weighted by molar-refractivity contribution is -0.384. The number of hydrogen-bond donors (Lipinski definition) is 1. The summed E-state index contributed by atoms with van der Waals surface area (Å²) in [6.45, 7) is -0.278. The van der Waals surface area contributed by atoms with Crippen LogP contribution in [0.1, 0.15) is 25.7 Å². The third kappa shape index (κ3) is 3.24. The number of anilines is 1. The normalized spacial score (nSPS) is 15.2. The number of pyridine rings is 1. The summed E-state index contributed by atoms with van der Waals surface area (Å²) in [7, 11) is 0. The Morgan fingerprint density at radius 3 is 2.75 bits per heavy atom. The second-order valence-electron chi connectivity index (χ2n) is 4.71. The number of halogens is 1. The van der Waals surface area contributed by atoms with Crippen LogP contribution in [0, 0.1) is 10.1 Å². The summed E-state index contributed by atoms with van der Waals surface area (Å²) >= 11 is 3.15. The Labute approximate surface area is 123 Å². The van der Waals surface area contributed by atoms with Crippen molar-refractivity contribution >= 4 is 33.4 Å². The Kier molecular flexibility index (Phi) is 4.53. The summed E-state index contributed by atoms with van der Waals surface area (Å²) < 4.78 is 0.495. The fourth-order valence-electron chi connectivity index (χ4n) is 2.52. The second-order valence-corrected chi connectivity index (χ2v) is 5.63. The fraction of sp³-hybridized carbons (Fsp3) is 0.500. The first-order valence-electron chi connectivity index (χ1n) is 6.27. The Morgan fingerprint density at radius 1 is 1.55 bits per heavy atom. The van der Waals surface area contributed by atoms with Crippen LogP contribution in [0.25, 0.3) is 0 Å². The number of nitrogens with zero attached hydrogens (tertiary/aromatic N) is 3. The van der Waals surface area contributed by atoms with Crippen molar-refractivity contribution in [3.05, 3.63) is 26.9 Å². The van der Waals surface area contributed by atoms with E-state index in [0.717, 1.165) is 25.7 Å². The molecule has 1 heterocycles. The molecule has 0 atom stereocenters. The van der Waals surface area contributed by atoms with Gasteiger partial charge in [0.25, 0.3) is 0 Å². The summed E-state index contributed by atoms with van der Waals surface area (Å²) in [5, 5.41) is 20.2. The van der Waals surface area contributed by atoms with Crippen molar-refractivity contribution in [3.63, 3.8) is 0 Å². The minimum absolute atomic E-state index is 0.00141. The molecule has 0 saturated heterocycles. The summed E-state index contributed by atoms with van der Waals surface area (Å²) in [5.74, 6) is -0.886. The molecule has 0 aliphatic heterocycles. The van der Waals surface area contributed by atoms with E-state index in [1.54, 1.807) is 4.90 Å². The van der Waals surface area contributed by atoms with E-state index in [4.69, 9.17) is 5.11 Å². The van der Waals surface area contributed by atoms with Gasteiger partial charge in [0.2, 0.25) is 5.82 Å². The molecule has 8 heteroatoms. The van der Waals surface area contributed by atoms with Gasteiger partial charge in [0.1, 0.15) is 6.54 Å². The molecular formula is C12H14BrN3O4. The largest absolute Gasteiger partial charge is 0.480 e. The first-order chi connectivity index (χ1) is 9.49. The van der Waals surface area contributed by atoms with E-state index in [-0.39, 0.29) is 24.1 Å². The van der Waals surface area contributed by atoms with Crippen LogP contribution in [0.15, 0.2) is 16.7 Å². The smallest absolute Gasteiger partial charge is 0.323 e. The van der Waals surface area contributed by atoms with E-state index < -0.39 is 10.9 Å². The SMILES string of the molecule is O=C(O)CN(c1ncc(Br)cc1[N+](=O)[O-])C1CCCC1. The molecule has 1 aromatic rings. The first kappa shape index (κ1) is 14.7. The molecule has 0 bridgehead atoms. The van der Waals surface area contributed by atoms with E-state index >= 15 is 0 Å². The summed E-state index contributed by atoms with van der Waals surface area (Å²) in [4.78, 5) is 27.3. The van der Waals surface area contributed by atoms with E-state index in [1.807, 2.05) is 0 Å². The zero-order valence-corrected chi connectivity index (χ0v) is 12.2. The van der Waals surface area contributed by atoms with Crippen molar-refractivity contribution in [1.82, 2.24) is 4.98 Å². The number of carboxylic acid groups (broad SMARTS) is 1. The fourth-order valence-corrected chi connectivity index (χ4v) is 2.83. The van der Waals surface area contributed by atoms with Gasteiger partial charge in [-0.25, -0.2) is 4.98 Å². The van der Waals surface area contributed by atoms with E-state index in [9.17, 15) is 14.9 Å². The molecule has 0 radical (unpaired) electrons. The van der Waals surface area contributed by atoms with Crippen molar-refractivity contribution in [2.75, 3.05) is 11.4 Å². The molecule has 1 aromatic heterocycles. The summed E-state index contributed by atoms with van der Waals surface area (Å²) in [5.41, 5.74) is -0.174. The molecule has 0 amide bonds. The van der Waals surface area contributed by atoms with Gasteiger partial charge in [0.15, 0.2) is 0 Å². The van der Waals surface area contributed by atoms with Gasteiger partial charge in [-0.15, -0.1) is 0 Å². The molecule has 1 aliphatic carbocycles. The van der Waals surface area contributed by atoms with Crippen LogP contribution >= 0.6 is 15.9 Å². The molecule has 1 N–H and O–H groups in total. The van der Waals surface area contributed by atoms with Gasteiger partial charge >= 0.3 is 11.7 Å². The highest BCUT2D eigenvalue weighted by molar-refractivity contribution is 9.10. The van der Waals surface area contributed by atoms with E-state index in [1.165, 1.54) is 12.3 Å². The lowest BCUT2D eigenvalue weighted by Crippen LogP contribution is -2.38. The third-order valence-corrected chi connectivity index (χ3v) is 3.79. The van der Waals surface area contributed by atoms with E-state index in [2.05, 4.69) is 20.9 Å². The Bertz CT molecular complexity index is 531.